The summed E-state index contributed by atoms with van der Waals surface area (Å²) in [6, 6.07) is 9.72. The van der Waals surface area contributed by atoms with Gasteiger partial charge in [-0.15, -0.1) is 0 Å². The van der Waals surface area contributed by atoms with Gasteiger partial charge in [-0.2, -0.15) is 0 Å². The van der Waals surface area contributed by atoms with Gasteiger partial charge >= 0.3 is 5.97 Å². The molecular formula is C17H25NO3. The maximum Gasteiger partial charge on any atom is 0.331 e. The molecule has 1 N–H and O–H groups in total. The molecule has 0 radical (unpaired) electrons. The minimum absolute atomic E-state index is 0.242. The average Bonchev–Trinajstić information content (AvgIpc) is 3.33. The van der Waals surface area contributed by atoms with Crippen LogP contribution in [0.5, 0.6) is 0 Å². The fourth-order valence-corrected chi connectivity index (χ4v) is 2.47. The molecule has 1 atom stereocenters. The third kappa shape index (κ3) is 4.05. The molecule has 4 heteroatoms. The number of likely N-dealkylation sites (N-methyl/N-ethyl adjacent to an activating group) is 1. The van der Waals surface area contributed by atoms with Gasteiger partial charge in [0.1, 0.15) is 5.54 Å². The molecule has 1 aliphatic rings. The molecule has 0 saturated heterocycles. The van der Waals surface area contributed by atoms with Crippen LogP contribution in [0.25, 0.3) is 0 Å². The van der Waals surface area contributed by atoms with Gasteiger partial charge in [0, 0.05) is 19.6 Å². The van der Waals surface area contributed by atoms with Crippen LogP contribution in [0.3, 0.4) is 0 Å². The van der Waals surface area contributed by atoms with Crippen LogP contribution in [0.15, 0.2) is 30.3 Å². The Labute approximate surface area is 126 Å². The third-order valence-electron chi connectivity index (χ3n) is 3.99. The molecule has 0 spiro atoms. The lowest BCUT2D eigenvalue weighted by Gasteiger charge is -2.31. The topological polar surface area (TPSA) is 47.6 Å². The zero-order valence-corrected chi connectivity index (χ0v) is 12.9. The summed E-state index contributed by atoms with van der Waals surface area (Å²) in [5.41, 5.74) is 0.0850. The van der Waals surface area contributed by atoms with Crippen molar-refractivity contribution in [1.29, 1.82) is 0 Å². The molecule has 4 nitrogen and oxygen atoms in total. The fourth-order valence-electron chi connectivity index (χ4n) is 2.47. The molecule has 2 rings (SSSR count). The molecule has 1 aliphatic carbocycles. The number of esters is 1. The highest BCUT2D eigenvalue weighted by atomic mass is 16.5. The SMILES string of the molecule is CCOC(=O)C(CCOCC1CC1)(NC)c1ccccc1. The van der Waals surface area contributed by atoms with Crippen LogP contribution in [-0.2, 0) is 19.8 Å². The quantitative estimate of drug-likeness (QED) is 0.561. The minimum atomic E-state index is -0.833. The Balaban J connectivity index is 2.08. The normalized spacial score (nSPS) is 17.2. The summed E-state index contributed by atoms with van der Waals surface area (Å²) >= 11 is 0. The van der Waals surface area contributed by atoms with Gasteiger partial charge in [-0.3, -0.25) is 0 Å². The van der Waals surface area contributed by atoms with Crippen molar-refractivity contribution in [3.63, 3.8) is 0 Å². The molecule has 0 amide bonds. The first-order chi connectivity index (χ1) is 10.2. The minimum Gasteiger partial charge on any atom is -0.464 e. The largest absolute Gasteiger partial charge is 0.464 e. The lowest BCUT2D eigenvalue weighted by molar-refractivity contribution is -0.152. The van der Waals surface area contributed by atoms with Gasteiger partial charge in [0.15, 0.2) is 0 Å². The van der Waals surface area contributed by atoms with E-state index >= 15 is 0 Å². The lowest BCUT2D eigenvalue weighted by Crippen LogP contribution is -2.49. The van der Waals surface area contributed by atoms with E-state index in [4.69, 9.17) is 9.47 Å². The summed E-state index contributed by atoms with van der Waals surface area (Å²) in [6.45, 7) is 3.55. The van der Waals surface area contributed by atoms with Gasteiger partial charge in [-0.25, -0.2) is 4.79 Å². The van der Waals surface area contributed by atoms with E-state index in [0.29, 0.717) is 19.6 Å². The van der Waals surface area contributed by atoms with E-state index in [1.807, 2.05) is 37.3 Å². The second-order valence-electron chi connectivity index (χ2n) is 5.51. The van der Waals surface area contributed by atoms with Crippen molar-refractivity contribution in [2.24, 2.45) is 5.92 Å². The van der Waals surface area contributed by atoms with E-state index in [0.717, 1.165) is 18.1 Å². The molecular weight excluding hydrogens is 266 g/mol. The standard InChI is InChI=1S/C17H25NO3/c1-3-21-16(19)17(18-2,15-7-5-4-6-8-15)11-12-20-13-14-9-10-14/h4-8,14,18H,3,9-13H2,1-2H3. The molecule has 0 aromatic heterocycles. The van der Waals surface area contributed by atoms with E-state index in [1.165, 1.54) is 12.8 Å². The van der Waals surface area contributed by atoms with Crippen molar-refractivity contribution >= 4 is 5.97 Å². The number of benzene rings is 1. The van der Waals surface area contributed by atoms with E-state index in [-0.39, 0.29) is 5.97 Å². The lowest BCUT2D eigenvalue weighted by atomic mass is 9.87. The number of ether oxygens (including phenoxy) is 2. The van der Waals surface area contributed by atoms with Crippen LogP contribution in [0.2, 0.25) is 0 Å². The van der Waals surface area contributed by atoms with E-state index in [9.17, 15) is 4.79 Å². The average molecular weight is 291 g/mol. The first-order valence-corrected chi connectivity index (χ1v) is 7.72. The summed E-state index contributed by atoms with van der Waals surface area (Å²) in [5.74, 6) is 0.488. The van der Waals surface area contributed by atoms with Gasteiger partial charge in [0.05, 0.1) is 6.61 Å². The summed E-state index contributed by atoms with van der Waals surface area (Å²) in [4.78, 5) is 12.5. The molecule has 1 fully saturated rings. The molecule has 1 saturated carbocycles. The monoisotopic (exact) mass is 291 g/mol. The molecule has 1 aromatic carbocycles. The Morgan fingerprint density at radius 2 is 2.05 bits per heavy atom. The van der Waals surface area contributed by atoms with Crippen LogP contribution in [-0.4, -0.2) is 32.8 Å². The highest BCUT2D eigenvalue weighted by Crippen LogP contribution is 2.30. The van der Waals surface area contributed by atoms with Crippen LogP contribution in [0, 0.1) is 5.92 Å². The summed E-state index contributed by atoms with van der Waals surface area (Å²) in [7, 11) is 1.80. The zero-order valence-electron chi connectivity index (χ0n) is 12.9. The van der Waals surface area contributed by atoms with Crippen LogP contribution in [0.4, 0.5) is 0 Å². The van der Waals surface area contributed by atoms with Crippen LogP contribution in [0.1, 0.15) is 31.7 Å². The van der Waals surface area contributed by atoms with E-state index in [1.54, 1.807) is 7.05 Å². The van der Waals surface area contributed by atoms with Gasteiger partial charge < -0.3 is 14.8 Å². The third-order valence-corrected chi connectivity index (χ3v) is 3.99. The van der Waals surface area contributed by atoms with Gasteiger partial charge in [-0.05, 0) is 38.3 Å². The zero-order chi connectivity index (χ0) is 15.1. The van der Waals surface area contributed by atoms with Crippen molar-refractivity contribution in [3.8, 4) is 0 Å². The van der Waals surface area contributed by atoms with Crippen molar-refractivity contribution < 1.29 is 14.3 Å². The Morgan fingerprint density at radius 1 is 1.33 bits per heavy atom. The summed E-state index contributed by atoms with van der Waals surface area (Å²) in [5, 5.41) is 3.17. The molecule has 0 bridgehead atoms. The Hall–Kier alpha value is -1.39. The predicted molar refractivity (Wildman–Crippen MR) is 82.0 cm³/mol. The first kappa shape index (κ1) is 16.0. The number of hydrogen-bond acceptors (Lipinski definition) is 4. The predicted octanol–water partition coefficient (Wildman–Crippen LogP) is 2.48. The van der Waals surface area contributed by atoms with Crippen molar-refractivity contribution in [2.75, 3.05) is 26.9 Å². The van der Waals surface area contributed by atoms with Crippen LogP contribution >= 0.6 is 0 Å². The molecule has 0 heterocycles. The number of rotatable bonds is 9. The molecule has 116 valence electrons. The van der Waals surface area contributed by atoms with Gasteiger partial charge in [0.2, 0.25) is 0 Å². The van der Waals surface area contributed by atoms with Crippen LogP contribution < -0.4 is 5.32 Å². The molecule has 21 heavy (non-hydrogen) atoms. The summed E-state index contributed by atoms with van der Waals surface area (Å²) in [6.07, 6.45) is 3.11. The van der Waals surface area contributed by atoms with Crippen molar-refractivity contribution in [1.82, 2.24) is 5.32 Å². The highest BCUT2D eigenvalue weighted by molar-refractivity contribution is 5.82. The fraction of sp³-hybridized carbons (Fsp3) is 0.588. The Morgan fingerprint density at radius 3 is 2.62 bits per heavy atom. The number of carbonyl (C=O) groups is 1. The van der Waals surface area contributed by atoms with E-state index < -0.39 is 5.54 Å². The first-order valence-electron chi connectivity index (χ1n) is 7.72. The molecule has 1 aromatic rings. The summed E-state index contributed by atoms with van der Waals surface area (Å²) < 4.78 is 11.0. The Kier molecular flexibility index (Phi) is 5.76. The number of nitrogens with one attached hydrogen (secondary N) is 1. The second-order valence-corrected chi connectivity index (χ2v) is 5.51. The van der Waals surface area contributed by atoms with E-state index in [2.05, 4.69) is 5.32 Å². The maximum atomic E-state index is 12.5. The van der Waals surface area contributed by atoms with Crippen molar-refractivity contribution in [2.45, 2.75) is 31.7 Å². The number of hydrogen-bond donors (Lipinski definition) is 1. The van der Waals surface area contributed by atoms with Crippen molar-refractivity contribution in [3.05, 3.63) is 35.9 Å². The maximum absolute atomic E-state index is 12.5. The highest BCUT2D eigenvalue weighted by Gasteiger charge is 2.40. The second kappa shape index (κ2) is 7.57. The molecule has 1 unspecified atom stereocenters. The van der Waals surface area contributed by atoms with Gasteiger partial charge in [-0.1, -0.05) is 30.3 Å². The van der Waals surface area contributed by atoms with Gasteiger partial charge in [0.25, 0.3) is 0 Å². The smallest absolute Gasteiger partial charge is 0.331 e. The number of carbonyl (C=O) groups excluding carboxylic acids is 1. The Bertz CT molecular complexity index is 445. The molecule has 0 aliphatic heterocycles.